The third-order valence-electron chi connectivity index (χ3n) is 4.41. The fourth-order valence-corrected chi connectivity index (χ4v) is 2.91. The minimum Gasteiger partial charge on any atom is -0.487 e. The van der Waals surface area contributed by atoms with E-state index in [9.17, 15) is 9.59 Å². The van der Waals surface area contributed by atoms with Crippen LogP contribution >= 0.6 is 0 Å². The Morgan fingerprint density at radius 3 is 2.55 bits per heavy atom. The molecule has 0 unspecified atom stereocenters. The lowest BCUT2D eigenvalue weighted by Crippen LogP contribution is -2.16. The summed E-state index contributed by atoms with van der Waals surface area (Å²) in [5.41, 5.74) is 3.30. The van der Waals surface area contributed by atoms with E-state index in [1.807, 2.05) is 37.3 Å². The van der Waals surface area contributed by atoms with E-state index in [0.717, 1.165) is 5.56 Å². The number of ether oxygens (including phenoxy) is 1. The lowest BCUT2D eigenvalue weighted by Gasteiger charge is -2.09. The predicted octanol–water partition coefficient (Wildman–Crippen LogP) is 3.83. The van der Waals surface area contributed by atoms with Gasteiger partial charge in [-0.3, -0.25) is 14.0 Å². The molecule has 0 aliphatic carbocycles. The molecular weight excluding hydrogens is 366 g/mol. The Balaban J connectivity index is 1.42. The summed E-state index contributed by atoms with van der Waals surface area (Å²) in [6.45, 7) is 2.13. The molecule has 6 heteroatoms. The van der Waals surface area contributed by atoms with Crippen molar-refractivity contribution in [3.8, 4) is 5.75 Å². The normalized spacial score (nSPS) is 10.7. The van der Waals surface area contributed by atoms with Crippen molar-refractivity contribution >= 4 is 17.2 Å². The van der Waals surface area contributed by atoms with Crippen molar-refractivity contribution in [2.45, 2.75) is 13.5 Å². The fraction of sp³-hybridized carbons (Fsp3) is 0.0870. The highest BCUT2D eigenvalue weighted by Gasteiger charge is 2.06. The molecule has 0 spiro atoms. The minimum atomic E-state index is -0.171. The van der Waals surface area contributed by atoms with Gasteiger partial charge in [-0.25, -0.2) is 4.98 Å². The summed E-state index contributed by atoms with van der Waals surface area (Å²) in [7, 11) is 0. The number of benzene rings is 2. The van der Waals surface area contributed by atoms with Gasteiger partial charge >= 0.3 is 0 Å². The van der Waals surface area contributed by atoms with Crippen LogP contribution in [0.3, 0.4) is 0 Å². The summed E-state index contributed by atoms with van der Waals surface area (Å²) in [4.78, 5) is 28.9. The molecule has 0 bridgehead atoms. The zero-order valence-electron chi connectivity index (χ0n) is 15.8. The molecule has 0 saturated carbocycles. The van der Waals surface area contributed by atoms with Crippen molar-refractivity contribution < 1.29 is 9.53 Å². The topological polar surface area (TPSA) is 72.7 Å². The van der Waals surface area contributed by atoms with E-state index in [1.165, 1.54) is 10.5 Å². The maximum atomic E-state index is 12.2. The zero-order valence-corrected chi connectivity index (χ0v) is 15.8. The molecule has 2 aromatic heterocycles. The first-order chi connectivity index (χ1) is 14.1. The molecule has 1 N–H and O–H groups in total. The number of fused-ring (bicyclic) bond motifs is 1. The second kappa shape index (κ2) is 7.98. The first-order valence-corrected chi connectivity index (χ1v) is 9.17. The van der Waals surface area contributed by atoms with Crippen LogP contribution in [0.1, 0.15) is 21.6 Å². The third-order valence-corrected chi connectivity index (χ3v) is 4.41. The highest BCUT2D eigenvalue weighted by Crippen LogP contribution is 2.17. The number of nitrogens with one attached hydrogen (secondary N) is 1. The van der Waals surface area contributed by atoms with Crippen molar-refractivity contribution in [2.75, 3.05) is 5.32 Å². The van der Waals surface area contributed by atoms with Gasteiger partial charge in [0.05, 0.1) is 5.69 Å². The molecule has 0 aliphatic rings. The maximum Gasteiger partial charge on any atom is 0.258 e. The Morgan fingerprint density at radius 2 is 1.79 bits per heavy atom. The number of amides is 1. The number of aromatic nitrogens is 2. The van der Waals surface area contributed by atoms with E-state index >= 15 is 0 Å². The minimum absolute atomic E-state index is 0.146. The highest BCUT2D eigenvalue weighted by molar-refractivity contribution is 6.04. The first-order valence-electron chi connectivity index (χ1n) is 9.17. The number of carbonyl (C=O) groups is 1. The number of hydrogen-bond acceptors (Lipinski definition) is 4. The standard InChI is InChI=1S/C23H19N3O3/c1-16-11-12-26-21(13-16)24-19(14-22(26)27)15-29-20-9-7-18(8-10-20)25-23(28)17-5-3-2-4-6-17/h2-14H,15H2,1H3,(H,25,28). The molecule has 0 radical (unpaired) electrons. The van der Waals surface area contributed by atoms with E-state index in [4.69, 9.17) is 4.74 Å². The molecule has 4 rings (SSSR count). The van der Waals surface area contributed by atoms with Gasteiger partial charge in [0.1, 0.15) is 18.0 Å². The number of aryl methyl sites for hydroxylation is 1. The van der Waals surface area contributed by atoms with Gasteiger partial charge in [-0.05, 0) is 61.0 Å². The first kappa shape index (κ1) is 18.4. The van der Waals surface area contributed by atoms with Crippen LogP contribution in [0.15, 0.2) is 83.8 Å². The van der Waals surface area contributed by atoms with E-state index in [0.29, 0.717) is 28.3 Å². The molecular formula is C23H19N3O3. The lowest BCUT2D eigenvalue weighted by atomic mass is 10.2. The van der Waals surface area contributed by atoms with Crippen LogP contribution in [0.2, 0.25) is 0 Å². The Kier molecular flexibility index (Phi) is 5.07. The van der Waals surface area contributed by atoms with Crippen molar-refractivity contribution in [3.05, 3.63) is 106 Å². The Hall–Kier alpha value is -3.93. The maximum absolute atomic E-state index is 12.2. The van der Waals surface area contributed by atoms with Crippen molar-refractivity contribution in [1.82, 2.24) is 9.38 Å². The predicted molar refractivity (Wildman–Crippen MR) is 111 cm³/mol. The van der Waals surface area contributed by atoms with Crippen LogP contribution in [-0.4, -0.2) is 15.3 Å². The van der Waals surface area contributed by atoms with Crippen LogP contribution in [0.25, 0.3) is 5.65 Å². The second-order valence-corrected chi connectivity index (χ2v) is 6.65. The van der Waals surface area contributed by atoms with Crippen molar-refractivity contribution in [2.24, 2.45) is 0 Å². The van der Waals surface area contributed by atoms with Gasteiger partial charge in [-0.1, -0.05) is 18.2 Å². The summed E-state index contributed by atoms with van der Waals surface area (Å²) in [5.74, 6) is 0.448. The van der Waals surface area contributed by atoms with Gasteiger partial charge in [-0.15, -0.1) is 0 Å². The average Bonchev–Trinajstić information content (AvgIpc) is 2.73. The molecule has 0 fully saturated rings. The van der Waals surface area contributed by atoms with Crippen LogP contribution < -0.4 is 15.6 Å². The molecule has 2 heterocycles. The number of hydrogen-bond donors (Lipinski definition) is 1. The van der Waals surface area contributed by atoms with Crippen LogP contribution in [-0.2, 0) is 6.61 Å². The molecule has 29 heavy (non-hydrogen) atoms. The summed E-state index contributed by atoms with van der Waals surface area (Å²) >= 11 is 0. The molecule has 1 amide bonds. The van der Waals surface area contributed by atoms with Gasteiger partial charge in [0.2, 0.25) is 0 Å². The second-order valence-electron chi connectivity index (χ2n) is 6.65. The average molecular weight is 385 g/mol. The Labute approximate surface area is 167 Å². The summed E-state index contributed by atoms with van der Waals surface area (Å²) in [6, 6.07) is 21.3. The van der Waals surface area contributed by atoms with Crippen molar-refractivity contribution in [1.29, 1.82) is 0 Å². The number of carbonyl (C=O) groups excluding carboxylic acids is 1. The largest absolute Gasteiger partial charge is 0.487 e. The number of pyridine rings is 1. The highest BCUT2D eigenvalue weighted by atomic mass is 16.5. The Bertz CT molecular complexity index is 1220. The number of nitrogens with zero attached hydrogens (tertiary/aromatic N) is 2. The van der Waals surface area contributed by atoms with E-state index in [2.05, 4.69) is 10.3 Å². The Morgan fingerprint density at radius 1 is 1.03 bits per heavy atom. The molecule has 6 nitrogen and oxygen atoms in total. The molecule has 0 aliphatic heterocycles. The zero-order chi connectivity index (χ0) is 20.2. The van der Waals surface area contributed by atoms with Crippen LogP contribution in [0.5, 0.6) is 5.75 Å². The molecule has 0 atom stereocenters. The summed E-state index contributed by atoms with van der Waals surface area (Å²) in [6.07, 6.45) is 1.72. The molecule has 4 aromatic rings. The molecule has 0 saturated heterocycles. The molecule has 2 aromatic carbocycles. The SMILES string of the molecule is Cc1ccn2c(=O)cc(COc3ccc(NC(=O)c4ccccc4)cc3)nc2c1. The van der Waals surface area contributed by atoms with Gasteiger partial charge in [0.25, 0.3) is 11.5 Å². The number of rotatable bonds is 5. The monoisotopic (exact) mass is 385 g/mol. The van der Waals surface area contributed by atoms with Gasteiger partial charge in [0, 0.05) is 23.5 Å². The number of anilines is 1. The lowest BCUT2D eigenvalue weighted by molar-refractivity contribution is 0.102. The van der Waals surface area contributed by atoms with Gasteiger partial charge in [0.15, 0.2) is 0 Å². The van der Waals surface area contributed by atoms with Crippen LogP contribution in [0, 0.1) is 6.92 Å². The van der Waals surface area contributed by atoms with Gasteiger partial charge < -0.3 is 10.1 Å². The smallest absolute Gasteiger partial charge is 0.258 e. The van der Waals surface area contributed by atoms with Crippen LogP contribution in [0.4, 0.5) is 5.69 Å². The molecule has 144 valence electrons. The van der Waals surface area contributed by atoms with E-state index in [1.54, 1.807) is 42.6 Å². The van der Waals surface area contributed by atoms with E-state index in [-0.39, 0.29) is 18.1 Å². The van der Waals surface area contributed by atoms with E-state index < -0.39 is 0 Å². The fourth-order valence-electron chi connectivity index (χ4n) is 2.91. The van der Waals surface area contributed by atoms with Crippen molar-refractivity contribution in [3.63, 3.8) is 0 Å². The third kappa shape index (κ3) is 4.32. The quantitative estimate of drug-likeness (QED) is 0.567. The summed E-state index contributed by atoms with van der Waals surface area (Å²) < 4.78 is 7.25. The summed E-state index contributed by atoms with van der Waals surface area (Å²) in [5, 5.41) is 2.84. The van der Waals surface area contributed by atoms with Gasteiger partial charge in [-0.2, -0.15) is 0 Å².